The highest BCUT2D eigenvalue weighted by Crippen LogP contribution is 2.38. The fourth-order valence-electron chi connectivity index (χ4n) is 7.11. The zero-order valence-electron chi connectivity index (χ0n) is 26.1. The number of hydrogen-bond donors (Lipinski definition) is 0. The van der Waals surface area contributed by atoms with Gasteiger partial charge in [0, 0.05) is 18.0 Å². The fraction of sp³-hybridized carbons (Fsp3) is 0.703. The molecule has 0 N–H and O–H groups in total. The normalized spacial score (nSPS) is 22.9. The molecule has 4 nitrogen and oxygen atoms in total. The number of unbranched alkanes of at least 4 members (excludes halogenated alkanes) is 8. The monoisotopic (exact) mass is 560 g/mol. The topological polar surface area (TPSA) is 52.1 Å². The molecule has 0 spiro atoms. The predicted molar refractivity (Wildman–Crippen MR) is 170 cm³/mol. The van der Waals surface area contributed by atoms with Crippen molar-refractivity contribution in [2.75, 3.05) is 0 Å². The molecule has 226 valence electrons. The lowest BCUT2D eigenvalue weighted by Crippen LogP contribution is -2.25. The zero-order valence-corrected chi connectivity index (χ0v) is 26.1. The number of rotatable bonds is 16. The van der Waals surface area contributed by atoms with Crippen LogP contribution in [-0.2, 0) is 4.79 Å². The van der Waals surface area contributed by atoms with E-state index in [0.717, 1.165) is 48.9 Å². The summed E-state index contributed by atoms with van der Waals surface area (Å²) in [6, 6.07) is 7.70. The molecule has 0 radical (unpaired) electrons. The Morgan fingerprint density at radius 3 is 1.80 bits per heavy atom. The van der Waals surface area contributed by atoms with Gasteiger partial charge in [-0.05, 0) is 98.9 Å². The second-order valence-corrected chi connectivity index (χ2v) is 13.1. The van der Waals surface area contributed by atoms with E-state index < -0.39 is 0 Å². The van der Waals surface area contributed by atoms with E-state index in [1.165, 1.54) is 108 Å². The third-order valence-corrected chi connectivity index (χ3v) is 9.93. The molecule has 1 heterocycles. The van der Waals surface area contributed by atoms with E-state index in [9.17, 15) is 4.79 Å². The molecule has 0 amide bonds. The van der Waals surface area contributed by atoms with Crippen LogP contribution in [0.2, 0.25) is 0 Å². The van der Waals surface area contributed by atoms with Crippen molar-refractivity contribution < 1.29 is 9.53 Å². The summed E-state index contributed by atoms with van der Waals surface area (Å²) in [6.07, 6.45) is 30.1. The van der Waals surface area contributed by atoms with Crippen LogP contribution in [0, 0.1) is 17.8 Å². The number of benzene rings is 1. The van der Waals surface area contributed by atoms with Crippen molar-refractivity contribution in [1.29, 1.82) is 0 Å². The summed E-state index contributed by atoms with van der Waals surface area (Å²) < 4.78 is 5.76. The van der Waals surface area contributed by atoms with Crippen molar-refractivity contribution in [3.05, 3.63) is 42.2 Å². The predicted octanol–water partition coefficient (Wildman–Crippen LogP) is 10.9. The Morgan fingerprint density at radius 1 is 0.683 bits per heavy atom. The highest BCUT2D eigenvalue weighted by Gasteiger charge is 2.27. The first-order valence-electron chi connectivity index (χ1n) is 17.3. The van der Waals surface area contributed by atoms with E-state index >= 15 is 0 Å². The molecule has 2 aromatic rings. The molecule has 4 heteroatoms. The Morgan fingerprint density at radius 2 is 1.20 bits per heavy atom. The number of ether oxygens (including phenoxy) is 1. The minimum Gasteiger partial charge on any atom is -0.426 e. The van der Waals surface area contributed by atoms with E-state index in [2.05, 4.69) is 13.8 Å². The molecule has 41 heavy (non-hydrogen) atoms. The maximum atomic E-state index is 12.8. The summed E-state index contributed by atoms with van der Waals surface area (Å²) >= 11 is 0. The number of aromatic nitrogens is 2. The first-order chi connectivity index (χ1) is 20.2. The van der Waals surface area contributed by atoms with Crippen molar-refractivity contribution in [2.24, 2.45) is 17.8 Å². The number of hydrogen-bond acceptors (Lipinski definition) is 4. The van der Waals surface area contributed by atoms with E-state index in [0.29, 0.717) is 11.7 Å². The number of carbonyl (C=O) groups excluding carboxylic acids is 1. The lowest BCUT2D eigenvalue weighted by molar-refractivity contribution is -0.140. The van der Waals surface area contributed by atoms with Gasteiger partial charge in [0.25, 0.3) is 0 Å². The van der Waals surface area contributed by atoms with E-state index in [4.69, 9.17) is 14.7 Å². The summed E-state index contributed by atoms with van der Waals surface area (Å²) in [4.78, 5) is 22.2. The quantitative estimate of drug-likeness (QED) is 0.116. The zero-order chi connectivity index (χ0) is 28.7. The van der Waals surface area contributed by atoms with Gasteiger partial charge in [-0.2, -0.15) is 0 Å². The minimum absolute atomic E-state index is 0.0448. The summed E-state index contributed by atoms with van der Waals surface area (Å²) in [7, 11) is 0. The molecular formula is C37H56N2O2. The van der Waals surface area contributed by atoms with Gasteiger partial charge >= 0.3 is 5.97 Å². The van der Waals surface area contributed by atoms with Crippen LogP contribution in [0.25, 0.3) is 11.4 Å². The highest BCUT2D eigenvalue weighted by atomic mass is 16.5. The van der Waals surface area contributed by atoms with Gasteiger partial charge in [0.1, 0.15) is 5.75 Å². The maximum absolute atomic E-state index is 12.8. The Bertz CT molecular complexity index is 987. The number of esters is 1. The lowest BCUT2D eigenvalue weighted by atomic mass is 9.77. The Kier molecular flexibility index (Phi) is 13.7. The molecule has 0 saturated heterocycles. The molecule has 0 atom stereocenters. The van der Waals surface area contributed by atoms with Gasteiger partial charge in [-0.1, -0.05) is 90.9 Å². The molecule has 0 unspecified atom stereocenters. The second-order valence-electron chi connectivity index (χ2n) is 13.1. The molecule has 2 aliphatic carbocycles. The van der Waals surface area contributed by atoms with E-state index in [1.54, 1.807) is 0 Å². The second kappa shape index (κ2) is 17.7. The van der Waals surface area contributed by atoms with Gasteiger partial charge in [-0.25, -0.2) is 9.97 Å². The van der Waals surface area contributed by atoms with Gasteiger partial charge < -0.3 is 4.74 Å². The van der Waals surface area contributed by atoms with Crippen LogP contribution >= 0.6 is 0 Å². The molecule has 2 saturated carbocycles. The van der Waals surface area contributed by atoms with Crippen molar-refractivity contribution in [2.45, 2.75) is 148 Å². The largest absolute Gasteiger partial charge is 0.426 e. The highest BCUT2D eigenvalue weighted by molar-refractivity contribution is 5.75. The Labute approximate surface area is 250 Å². The van der Waals surface area contributed by atoms with Gasteiger partial charge in [0.2, 0.25) is 0 Å². The van der Waals surface area contributed by atoms with Gasteiger partial charge in [-0.15, -0.1) is 0 Å². The molecule has 4 rings (SSSR count). The molecule has 2 fully saturated rings. The summed E-state index contributed by atoms with van der Waals surface area (Å²) in [6.45, 7) is 4.54. The average molecular weight is 561 g/mol. The average Bonchev–Trinajstić information content (AvgIpc) is 3.02. The van der Waals surface area contributed by atoms with Crippen molar-refractivity contribution in [3.8, 4) is 17.1 Å². The lowest BCUT2D eigenvalue weighted by Gasteiger charge is -2.28. The van der Waals surface area contributed by atoms with Crippen molar-refractivity contribution >= 4 is 5.97 Å². The smallest absolute Gasteiger partial charge is 0.314 e. The van der Waals surface area contributed by atoms with Crippen LogP contribution in [0.4, 0.5) is 0 Å². The number of nitrogens with zero attached hydrogens (tertiary/aromatic N) is 2. The van der Waals surface area contributed by atoms with Crippen molar-refractivity contribution in [3.63, 3.8) is 0 Å². The van der Waals surface area contributed by atoms with Gasteiger partial charge in [-0.3, -0.25) is 4.79 Å². The Balaban J connectivity index is 1.16. The van der Waals surface area contributed by atoms with Crippen LogP contribution in [-0.4, -0.2) is 15.9 Å². The third-order valence-electron chi connectivity index (χ3n) is 9.93. The first-order valence-corrected chi connectivity index (χ1v) is 17.3. The van der Waals surface area contributed by atoms with Crippen molar-refractivity contribution in [1.82, 2.24) is 9.97 Å². The van der Waals surface area contributed by atoms with E-state index in [-0.39, 0.29) is 11.9 Å². The molecular weight excluding hydrogens is 504 g/mol. The van der Waals surface area contributed by atoms with E-state index in [1.807, 2.05) is 36.7 Å². The minimum atomic E-state index is -0.0671. The Hall–Kier alpha value is -2.23. The fourth-order valence-corrected chi connectivity index (χ4v) is 7.11. The van der Waals surface area contributed by atoms with Crippen LogP contribution in [0.15, 0.2) is 36.7 Å². The van der Waals surface area contributed by atoms with Gasteiger partial charge in [0.05, 0.1) is 5.92 Å². The number of carbonyl (C=O) groups is 1. The summed E-state index contributed by atoms with van der Waals surface area (Å²) in [5, 5.41) is 0. The molecule has 0 aliphatic heterocycles. The SMILES string of the molecule is CCCCCCCCCC1CCC(c2cnc(-c3ccc(OC(=O)C4CCC(CCCCC)CC4)cc3)nc2)CC1. The molecule has 0 bridgehead atoms. The summed E-state index contributed by atoms with van der Waals surface area (Å²) in [5.41, 5.74) is 2.25. The van der Waals surface area contributed by atoms with Crippen LogP contribution in [0.1, 0.15) is 154 Å². The van der Waals surface area contributed by atoms with Crippen LogP contribution < -0.4 is 4.74 Å². The first kappa shape index (κ1) is 31.7. The molecule has 1 aromatic carbocycles. The van der Waals surface area contributed by atoms with Gasteiger partial charge in [0.15, 0.2) is 5.82 Å². The maximum Gasteiger partial charge on any atom is 0.314 e. The standard InChI is InChI=1S/C37H56N2O2/c1-3-5-7-8-9-10-12-14-30-15-19-31(20-16-30)34-27-38-36(39-28-34)32-23-25-35(26-24-32)41-37(40)33-21-17-29(18-22-33)13-11-6-4-2/h23-31,33H,3-22H2,1-2H3. The third kappa shape index (κ3) is 10.5. The summed E-state index contributed by atoms with van der Waals surface area (Å²) in [5.74, 6) is 3.65. The molecule has 1 aromatic heterocycles. The van der Waals surface area contributed by atoms with Crippen LogP contribution in [0.3, 0.4) is 0 Å². The van der Waals surface area contributed by atoms with Crippen LogP contribution in [0.5, 0.6) is 5.75 Å². The molecule has 2 aliphatic rings.